The highest BCUT2D eigenvalue weighted by molar-refractivity contribution is 5.69. The van der Waals surface area contributed by atoms with Crippen molar-refractivity contribution in [1.82, 2.24) is 0 Å². The molecule has 0 aliphatic heterocycles. The van der Waals surface area contributed by atoms with Crippen molar-refractivity contribution in [2.24, 2.45) is 5.92 Å². The fourth-order valence-corrected chi connectivity index (χ4v) is 3.72. The van der Waals surface area contributed by atoms with Crippen molar-refractivity contribution in [1.29, 1.82) is 0 Å². The van der Waals surface area contributed by atoms with Gasteiger partial charge in [0.25, 0.3) is 0 Å². The molecule has 0 N–H and O–H groups in total. The highest BCUT2D eigenvalue weighted by atomic mass is 16.5. The van der Waals surface area contributed by atoms with Gasteiger partial charge in [-0.05, 0) is 18.8 Å². The van der Waals surface area contributed by atoms with E-state index in [4.69, 9.17) is 4.74 Å². The summed E-state index contributed by atoms with van der Waals surface area (Å²) in [7, 11) is 0. The highest BCUT2D eigenvalue weighted by Crippen LogP contribution is 2.17. The molecule has 0 heterocycles. The van der Waals surface area contributed by atoms with Crippen LogP contribution in [0.25, 0.3) is 0 Å². The molecule has 0 amide bonds. The molecule has 0 bridgehead atoms. The number of esters is 1. The molecule has 0 rings (SSSR count). The van der Waals surface area contributed by atoms with Crippen LogP contribution in [0.4, 0.5) is 0 Å². The van der Waals surface area contributed by atoms with Crippen LogP contribution in [-0.4, -0.2) is 12.6 Å². The summed E-state index contributed by atoms with van der Waals surface area (Å²) in [6.07, 6.45) is 24.3. The molecule has 1 atom stereocenters. The average Bonchev–Trinajstić information content (AvgIpc) is 2.68. The van der Waals surface area contributed by atoms with Gasteiger partial charge in [-0.1, -0.05) is 124 Å². The summed E-state index contributed by atoms with van der Waals surface area (Å²) in [4.78, 5) is 11.9. The molecule has 0 spiro atoms. The van der Waals surface area contributed by atoms with Crippen LogP contribution in [-0.2, 0) is 9.53 Å². The monoisotopic (exact) mass is 382 g/mol. The molecular formula is C25H50O2. The SMILES string of the molecule is CCCCCCCCCCCCCCCCOC(=O)CC(CC)CCCC. The zero-order valence-electron chi connectivity index (χ0n) is 19.0. The van der Waals surface area contributed by atoms with Gasteiger partial charge in [-0.15, -0.1) is 0 Å². The van der Waals surface area contributed by atoms with E-state index >= 15 is 0 Å². The third kappa shape index (κ3) is 20.0. The first-order chi connectivity index (χ1) is 13.2. The second-order valence-electron chi connectivity index (χ2n) is 8.44. The van der Waals surface area contributed by atoms with E-state index in [1.165, 1.54) is 103 Å². The number of carbonyl (C=O) groups is 1. The van der Waals surface area contributed by atoms with E-state index in [0.29, 0.717) is 18.9 Å². The number of ether oxygens (including phenoxy) is 1. The molecule has 1 unspecified atom stereocenters. The highest BCUT2D eigenvalue weighted by Gasteiger charge is 2.12. The van der Waals surface area contributed by atoms with Gasteiger partial charge in [0.15, 0.2) is 0 Å². The third-order valence-corrected chi connectivity index (χ3v) is 5.76. The van der Waals surface area contributed by atoms with Gasteiger partial charge in [0.1, 0.15) is 0 Å². The van der Waals surface area contributed by atoms with E-state index in [2.05, 4.69) is 20.8 Å². The second kappa shape index (κ2) is 21.8. The van der Waals surface area contributed by atoms with Crippen LogP contribution in [0.5, 0.6) is 0 Å². The predicted octanol–water partition coefficient (Wildman–Crippen LogP) is 8.62. The van der Waals surface area contributed by atoms with E-state index in [9.17, 15) is 4.79 Å². The van der Waals surface area contributed by atoms with Crippen LogP contribution < -0.4 is 0 Å². The van der Waals surface area contributed by atoms with Crippen molar-refractivity contribution in [2.45, 2.75) is 143 Å². The maximum Gasteiger partial charge on any atom is 0.306 e. The van der Waals surface area contributed by atoms with Gasteiger partial charge in [0.2, 0.25) is 0 Å². The molecule has 0 aromatic rings. The first kappa shape index (κ1) is 26.5. The molecule has 0 fully saturated rings. The lowest BCUT2D eigenvalue weighted by Crippen LogP contribution is -2.12. The summed E-state index contributed by atoms with van der Waals surface area (Å²) >= 11 is 0. The minimum absolute atomic E-state index is 0.0210. The molecule has 2 nitrogen and oxygen atoms in total. The zero-order chi connectivity index (χ0) is 20.0. The van der Waals surface area contributed by atoms with E-state index in [1.54, 1.807) is 0 Å². The Balaban J connectivity index is 3.27. The molecule has 0 radical (unpaired) electrons. The summed E-state index contributed by atoms with van der Waals surface area (Å²) in [5, 5.41) is 0. The van der Waals surface area contributed by atoms with E-state index < -0.39 is 0 Å². The van der Waals surface area contributed by atoms with Crippen LogP contribution in [0.2, 0.25) is 0 Å². The first-order valence-electron chi connectivity index (χ1n) is 12.4. The summed E-state index contributed by atoms with van der Waals surface area (Å²) in [5.41, 5.74) is 0. The van der Waals surface area contributed by atoms with Crippen LogP contribution in [0.3, 0.4) is 0 Å². The van der Waals surface area contributed by atoms with Crippen molar-refractivity contribution in [2.75, 3.05) is 6.61 Å². The summed E-state index contributed by atoms with van der Waals surface area (Å²) < 4.78 is 5.42. The minimum atomic E-state index is 0.0210. The number of unbranched alkanes of at least 4 members (excludes halogenated alkanes) is 14. The van der Waals surface area contributed by atoms with E-state index in [1.807, 2.05) is 0 Å². The average molecular weight is 383 g/mol. The number of hydrogen-bond donors (Lipinski definition) is 0. The van der Waals surface area contributed by atoms with Crippen molar-refractivity contribution in [3.63, 3.8) is 0 Å². The number of hydrogen-bond acceptors (Lipinski definition) is 2. The summed E-state index contributed by atoms with van der Waals surface area (Å²) in [6.45, 7) is 7.30. The summed E-state index contributed by atoms with van der Waals surface area (Å²) in [6, 6.07) is 0. The minimum Gasteiger partial charge on any atom is -0.466 e. The van der Waals surface area contributed by atoms with Gasteiger partial charge < -0.3 is 4.74 Å². The van der Waals surface area contributed by atoms with Gasteiger partial charge in [-0.2, -0.15) is 0 Å². The van der Waals surface area contributed by atoms with Gasteiger partial charge in [0.05, 0.1) is 6.61 Å². The van der Waals surface area contributed by atoms with Gasteiger partial charge in [-0.3, -0.25) is 4.79 Å². The maximum absolute atomic E-state index is 11.9. The Morgan fingerprint density at radius 1 is 0.630 bits per heavy atom. The molecule has 0 aliphatic carbocycles. The molecule has 162 valence electrons. The van der Waals surface area contributed by atoms with E-state index in [-0.39, 0.29) is 5.97 Å². The lowest BCUT2D eigenvalue weighted by atomic mass is 9.96. The molecule has 0 aromatic carbocycles. The third-order valence-electron chi connectivity index (χ3n) is 5.76. The fraction of sp³-hybridized carbons (Fsp3) is 0.960. The zero-order valence-corrected chi connectivity index (χ0v) is 19.0. The molecule has 0 saturated heterocycles. The van der Waals surface area contributed by atoms with Gasteiger partial charge in [0, 0.05) is 6.42 Å². The quantitative estimate of drug-likeness (QED) is 0.147. The Kier molecular flexibility index (Phi) is 21.3. The lowest BCUT2D eigenvalue weighted by molar-refractivity contribution is -0.145. The van der Waals surface area contributed by atoms with Crippen molar-refractivity contribution >= 4 is 5.97 Å². The van der Waals surface area contributed by atoms with E-state index in [0.717, 1.165) is 12.8 Å². The molecule has 0 saturated carbocycles. The van der Waals surface area contributed by atoms with Crippen LogP contribution in [0.15, 0.2) is 0 Å². The fourth-order valence-electron chi connectivity index (χ4n) is 3.72. The topological polar surface area (TPSA) is 26.3 Å². The standard InChI is InChI=1S/C25H50O2/c1-4-7-9-10-11-12-13-14-15-16-17-18-19-20-22-27-25(26)23-24(6-3)21-8-5-2/h24H,4-23H2,1-3H3. The Morgan fingerprint density at radius 2 is 1.07 bits per heavy atom. The predicted molar refractivity (Wildman–Crippen MR) is 119 cm³/mol. The molecule has 0 aliphatic rings. The number of rotatable bonds is 21. The Bertz CT molecular complexity index is 301. The molecule has 0 aromatic heterocycles. The maximum atomic E-state index is 11.9. The number of carbonyl (C=O) groups excluding carboxylic acids is 1. The van der Waals surface area contributed by atoms with Crippen LogP contribution in [0.1, 0.15) is 143 Å². The van der Waals surface area contributed by atoms with Crippen molar-refractivity contribution in [3.05, 3.63) is 0 Å². The largest absolute Gasteiger partial charge is 0.466 e. The van der Waals surface area contributed by atoms with Crippen molar-refractivity contribution < 1.29 is 9.53 Å². The Hall–Kier alpha value is -0.530. The molecule has 27 heavy (non-hydrogen) atoms. The lowest BCUT2D eigenvalue weighted by Gasteiger charge is -2.13. The molecular weight excluding hydrogens is 332 g/mol. The first-order valence-corrected chi connectivity index (χ1v) is 12.4. The molecule has 2 heteroatoms. The van der Waals surface area contributed by atoms with Crippen LogP contribution in [0, 0.1) is 5.92 Å². The van der Waals surface area contributed by atoms with Gasteiger partial charge in [-0.25, -0.2) is 0 Å². The normalized spacial score (nSPS) is 12.3. The summed E-state index contributed by atoms with van der Waals surface area (Å²) in [5.74, 6) is 0.543. The van der Waals surface area contributed by atoms with Crippen LogP contribution >= 0.6 is 0 Å². The Labute approximate surface area is 171 Å². The smallest absolute Gasteiger partial charge is 0.306 e. The van der Waals surface area contributed by atoms with Gasteiger partial charge >= 0.3 is 5.97 Å². The second-order valence-corrected chi connectivity index (χ2v) is 8.44. The van der Waals surface area contributed by atoms with Crippen molar-refractivity contribution in [3.8, 4) is 0 Å². The Morgan fingerprint density at radius 3 is 1.52 bits per heavy atom.